The van der Waals surface area contributed by atoms with Crippen molar-refractivity contribution < 1.29 is 9.59 Å². The standard InChI is InChI=1S/C11H22N4O2/c1-8(2)14-10(16)7-15(3)11(17)9-6-12-4-5-13-9/h8-9,12-13H,4-7H2,1-3H3,(H,14,16). The molecule has 3 N–H and O–H groups in total. The van der Waals surface area contributed by atoms with Crippen molar-refractivity contribution in [1.29, 1.82) is 0 Å². The highest BCUT2D eigenvalue weighted by Gasteiger charge is 2.24. The Morgan fingerprint density at radius 1 is 1.41 bits per heavy atom. The normalized spacial score (nSPS) is 20.1. The van der Waals surface area contributed by atoms with E-state index in [9.17, 15) is 9.59 Å². The van der Waals surface area contributed by atoms with Crippen LogP contribution in [0, 0.1) is 0 Å². The van der Waals surface area contributed by atoms with Crippen molar-refractivity contribution >= 4 is 11.8 Å². The molecule has 0 aromatic rings. The lowest BCUT2D eigenvalue weighted by Gasteiger charge is -2.27. The summed E-state index contributed by atoms with van der Waals surface area (Å²) in [5.41, 5.74) is 0. The molecule has 6 nitrogen and oxygen atoms in total. The van der Waals surface area contributed by atoms with Gasteiger partial charge in [0.25, 0.3) is 0 Å². The van der Waals surface area contributed by atoms with Crippen LogP contribution in [0.15, 0.2) is 0 Å². The largest absolute Gasteiger partial charge is 0.352 e. The van der Waals surface area contributed by atoms with Gasteiger partial charge in [-0.25, -0.2) is 0 Å². The maximum Gasteiger partial charge on any atom is 0.241 e. The molecular formula is C11H22N4O2. The van der Waals surface area contributed by atoms with Gasteiger partial charge in [-0.15, -0.1) is 0 Å². The maximum atomic E-state index is 12.0. The van der Waals surface area contributed by atoms with E-state index in [2.05, 4.69) is 16.0 Å². The van der Waals surface area contributed by atoms with E-state index in [1.807, 2.05) is 13.8 Å². The van der Waals surface area contributed by atoms with Crippen LogP contribution in [0.3, 0.4) is 0 Å². The third kappa shape index (κ3) is 4.70. The van der Waals surface area contributed by atoms with Gasteiger partial charge >= 0.3 is 0 Å². The molecule has 98 valence electrons. The second-order valence-corrected chi connectivity index (χ2v) is 4.63. The molecule has 1 unspecified atom stereocenters. The Balaban J connectivity index is 2.37. The zero-order valence-electron chi connectivity index (χ0n) is 10.7. The zero-order chi connectivity index (χ0) is 12.8. The molecule has 2 amide bonds. The topological polar surface area (TPSA) is 73.5 Å². The predicted octanol–water partition coefficient (Wildman–Crippen LogP) is -1.47. The quantitative estimate of drug-likeness (QED) is 0.563. The number of carbonyl (C=O) groups excluding carboxylic acids is 2. The minimum atomic E-state index is -0.222. The number of hydrogen-bond donors (Lipinski definition) is 3. The number of carbonyl (C=O) groups is 2. The number of hydrogen-bond acceptors (Lipinski definition) is 4. The number of piperazine rings is 1. The van der Waals surface area contributed by atoms with Crippen LogP contribution in [0.1, 0.15) is 13.8 Å². The summed E-state index contributed by atoms with van der Waals surface area (Å²) < 4.78 is 0. The first-order chi connectivity index (χ1) is 8.00. The van der Waals surface area contributed by atoms with Crippen molar-refractivity contribution in [3.8, 4) is 0 Å². The minimum Gasteiger partial charge on any atom is -0.352 e. The van der Waals surface area contributed by atoms with Crippen molar-refractivity contribution in [2.75, 3.05) is 33.2 Å². The molecule has 1 fully saturated rings. The first-order valence-corrected chi connectivity index (χ1v) is 5.99. The number of amides is 2. The van der Waals surface area contributed by atoms with Gasteiger partial charge in [0.2, 0.25) is 11.8 Å². The molecule has 1 aliphatic rings. The number of likely N-dealkylation sites (N-methyl/N-ethyl adjacent to an activating group) is 1. The van der Waals surface area contributed by atoms with Crippen molar-refractivity contribution in [3.05, 3.63) is 0 Å². The van der Waals surface area contributed by atoms with Crippen molar-refractivity contribution in [1.82, 2.24) is 20.9 Å². The predicted molar refractivity (Wildman–Crippen MR) is 65.6 cm³/mol. The average Bonchev–Trinajstić information content (AvgIpc) is 2.28. The summed E-state index contributed by atoms with van der Waals surface area (Å²) >= 11 is 0. The molecule has 17 heavy (non-hydrogen) atoms. The molecular weight excluding hydrogens is 220 g/mol. The maximum absolute atomic E-state index is 12.0. The van der Waals surface area contributed by atoms with E-state index in [4.69, 9.17) is 0 Å². The fraction of sp³-hybridized carbons (Fsp3) is 0.818. The van der Waals surface area contributed by atoms with E-state index >= 15 is 0 Å². The Kier molecular flexibility index (Phi) is 5.37. The van der Waals surface area contributed by atoms with E-state index in [0.717, 1.165) is 13.1 Å². The molecule has 1 atom stereocenters. The number of nitrogens with one attached hydrogen (secondary N) is 3. The summed E-state index contributed by atoms with van der Waals surface area (Å²) in [5.74, 6) is -0.171. The van der Waals surface area contributed by atoms with Gasteiger partial charge in [-0.3, -0.25) is 9.59 Å². The third-order valence-electron chi connectivity index (χ3n) is 2.55. The average molecular weight is 242 g/mol. The molecule has 1 saturated heterocycles. The molecule has 1 rings (SSSR count). The van der Waals surface area contributed by atoms with Crippen LogP contribution in [-0.4, -0.2) is 62.0 Å². The van der Waals surface area contributed by atoms with E-state index in [1.54, 1.807) is 7.05 Å². The second kappa shape index (κ2) is 6.56. The molecule has 0 saturated carbocycles. The van der Waals surface area contributed by atoms with Gasteiger partial charge in [0.15, 0.2) is 0 Å². The fourth-order valence-electron chi connectivity index (χ4n) is 1.75. The van der Waals surface area contributed by atoms with Crippen LogP contribution < -0.4 is 16.0 Å². The Hall–Kier alpha value is -1.14. The first kappa shape index (κ1) is 13.9. The van der Waals surface area contributed by atoms with Crippen molar-refractivity contribution in [3.63, 3.8) is 0 Å². The zero-order valence-corrected chi connectivity index (χ0v) is 10.7. The highest BCUT2D eigenvalue weighted by molar-refractivity contribution is 5.87. The van der Waals surface area contributed by atoms with Gasteiger partial charge in [0.05, 0.1) is 12.6 Å². The van der Waals surface area contributed by atoms with Crippen LogP contribution in [0.4, 0.5) is 0 Å². The molecule has 1 aliphatic heterocycles. The lowest BCUT2D eigenvalue weighted by molar-refractivity contribution is -0.136. The lowest BCUT2D eigenvalue weighted by Crippen LogP contribution is -2.57. The molecule has 0 aromatic heterocycles. The van der Waals surface area contributed by atoms with Gasteiger partial charge in [0.1, 0.15) is 0 Å². The molecule has 0 aromatic carbocycles. The minimum absolute atomic E-state index is 0.0453. The third-order valence-corrected chi connectivity index (χ3v) is 2.55. The van der Waals surface area contributed by atoms with Gasteiger partial charge in [-0.1, -0.05) is 0 Å². The summed E-state index contributed by atoms with van der Waals surface area (Å²) in [4.78, 5) is 24.9. The number of nitrogens with zero attached hydrogens (tertiary/aromatic N) is 1. The molecule has 0 spiro atoms. The van der Waals surface area contributed by atoms with Crippen LogP contribution in [-0.2, 0) is 9.59 Å². The van der Waals surface area contributed by atoms with Gasteiger partial charge in [0, 0.05) is 32.7 Å². The molecule has 1 heterocycles. The molecule has 0 bridgehead atoms. The van der Waals surface area contributed by atoms with Crippen LogP contribution in [0.5, 0.6) is 0 Å². The Morgan fingerprint density at radius 3 is 2.65 bits per heavy atom. The van der Waals surface area contributed by atoms with Crippen molar-refractivity contribution in [2.24, 2.45) is 0 Å². The summed E-state index contributed by atoms with van der Waals surface area (Å²) in [6.07, 6.45) is 0. The summed E-state index contributed by atoms with van der Waals surface area (Å²) in [5, 5.41) is 9.04. The van der Waals surface area contributed by atoms with Crippen LogP contribution in [0.2, 0.25) is 0 Å². The summed E-state index contributed by atoms with van der Waals surface area (Å²) in [7, 11) is 1.65. The van der Waals surface area contributed by atoms with Crippen LogP contribution in [0.25, 0.3) is 0 Å². The van der Waals surface area contributed by atoms with E-state index in [-0.39, 0.29) is 30.4 Å². The summed E-state index contributed by atoms with van der Waals surface area (Å²) in [6, 6.07) is -0.124. The fourth-order valence-corrected chi connectivity index (χ4v) is 1.75. The van der Waals surface area contributed by atoms with Gasteiger partial charge in [-0.05, 0) is 13.8 Å². The highest BCUT2D eigenvalue weighted by atomic mass is 16.2. The summed E-state index contributed by atoms with van der Waals surface area (Å²) in [6.45, 7) is 6.17. The smallest absolute Gasteiger partial charge is 0.241 e. The Labute approximate surface area is 102 Å². The van der Waals surface area contributed by atoms with E-state index in [0.29, 0.717) is 6.54 Å². The van der Waals surface area contributed by atoms with Gasteiger partial charge < -0.3 is 20.9 Å². The SMILES string of the molecule is CC(C)NC(=O)CN(C)C(=O)C1CNCCN1. The number of rotatable bonds is 4. The molecule has 0 aliphatic carbocycles. The van der Waals surface area contributed by atoms with E-state index in [1.165, 1.54) is 4.90 Å². The van der Waals surface area contributed by atoms with Crippen molar-refractivity contribution in [2.45, 2.75) is 25.9 Å². The second-order valence-electron chi connectivity index (χ2n) is 4.63. The first-order valence-electron chi connectivity index (χ1n) is 5.99. The monoisotopic (exact) mass is 242 g/mol. The highest BCUT2D eigenvalue weighted by Crippen LogP contribution is 1.95. The lowest BCUT2D eigenvalue weighted by atomic mass is 10.2. The molecule has 0 radical (unpaired) electrons. The van der Waals surface area contributed by atoms with E-state index < -0.39 is 0 Å². The van der Waals surface area contributed by atoms with Crippen LogP contribution >= 0.6 is 0 Å². The molecule has 6 heteroatoms. The Morgan fingerprint density at radius 2 is 2.12 bits per heavy atom. The van der Waals surface area contributed by atoms with Gasteiger partial charge in [-0.2, -0.15) is 0 Å². The Bertz CT molecular complexity index is 275.